The largest absolute Gasteiger partial charge is 0.436 e. The van der Waals surface area contributed by atoms with Crippen LogP contribution in [-0.4, -0.2) is 9.97 Å². The second kappa shape index (κ2) is 8.28. The van der Waals surface area contributed by atoms with Crippen molar-refractivity contribution in [3.63, 3.8) is 0 Å². The fraction of sp³-hybridized carbons (Fsp3) is 0. The van der Waals surface area contributed by atoms with Gasteiger partial charge in [0.2, 0.25) is 11.8 Å². The van der Waals surface area contributed by atoms with Crippen molar-refractivity contribution < 1.29 is 8.83 Å². The van der Waals surface area contributed by atoms with E-state index in [1.54, 1.807) is 0 Å². The van der Waals surface area contributed by atoms with Gasteiger partial charge in [-0.25, -0.2) is 9.97 Å². The molecule has 2 aromatic heterocycles. The Hall–Kier alpha value is -4.58. The standard InChI is InChI=1S/2C13H10N2O/c2*14-10-6-2-1-5-9(10)13-15-11-7-3-4-8-12(11)16-13/h2*1-8H,14H2. The van der Waals surface area contributed by atoms with Crippen LogP contribution in [-0.2, 0) is 0 Å². The molecule has 32 heavy (non-hydrogen) atoms. The number of oxazole rings is 2. The van der Waals surface area contributed by atoms with Gasteiger partial charge in [0, 0.05) is 11.4 Å². The quantitative estimate of drug-likeness (QED) is 0.325. The van der Waals surface area contributed by atoms with Gasteiger partial charge in [0.05, 0.1) is 11.1 Å². The van der Waals surface area contributed by atoms with E-state index in [0.717, 1.165) is 33.3 Å². The van der Waals surface area contributed by atoms with Crippen LogP contribution in [0.5, 0.6) is 0 Å². The molecule has 6 nitrogen and oxygen atoms in total. The summed E-state index contributed by atoms with van der Waals surface area (Å²) in [5.41, 5.74) is 18.0. The monoisotopic (exact) mass is 420 g/mol. The normalized spacial score (nSPS) is 10.8. The number of anilines is 2. The Morgan fingerprint density at radius 3 is 1.25 bits per heavy atom. The maximum Gasteiger partial charge on any atom is 0.229 e. The zero-order valence-electron chi connectivity index (χ0n) is 17.1. The van der Waals surface area contributed by atoms with E-state index in [1.807, 2.05) is 97.1 Å². The molecule has 0 atom stereocenters. The summed E-state index contributed by atoms with van der Waals surface area (Å²) in [6.45, 7) is 0. The van der Waals surface area contributed by atoms with Gasteiger partial charge in [-0.05, 0) is 48.5 Å². The first-order valence-corrected chi connectivity index (χ1v) is 10.1. The van der Waals surface area contributed by atoms with Gasteiger partial charge in [0.1, 0.15) is 11.0 Å². The minimum atomic E-state index is 0.569. The van der Waals surface area contributed by atoms with Crippen LogP contribution in [0, 0.1) is 0 Å². The molecule has 0 aliphatic carbocycles. The van der Waals surface area contributed by atoms with E-state index in [0.29, 0.717) is 23.2 Å². The summed E-state index contributed by atoms with van der Waals surface area (Å²) < 4.78 is 11.3. The van der Waals surface area contributed by atoms with Gasteiger partial charge >= 0.3 is 0 Å². The Bertz CT molecular complexity index is 1340. The van der Waals surface area contributed by atoms with E-state index >= 15 is 0 Å². The van der Waals surface area contributed by atoms with Crippen molar-refractivity contribution in [2.45, 2.75) is 0 Å². The van der Waals surface area contributed by atoms with Gasteiger partial charge in [-0.15, -0.1) is 0 Å². The molecule has 0 saturated carbocycles. The first kappa shape index (κ1) is 19.4. The Labute approximate surface area is 184 Å². The summed E-state index contributed by atoms with van der Waals surface area (Å²) in [6, 6.07) is 30.4. The molecule has 6 aromatic rings. The van der Waals surface area contributed by atoms with E-state index < -0.39 is 0 Å². The number of nitrogens with two attached hydrogens (primary N) is 2. The van der Waals surface area contributed by atoms with E-state index in [9.17, 15) is 0 Å². The van der Waals surface area contributed by atoms with Crippen LogP contribution in [0.4, 0.5) is 11.4 Å². The number of aromatic nitrogens is 2. The van der Waals surface area contributed by atoms with E-state index in [4.69, 9.17) is 20.3 Å². The number of para-hydroxylation sites is 6. The third-order valence-corrected chi connectivity index (χ3v) is 4.97. The molecule has 6 rings (SSSR count). The summed E-state index contributed by atoms with van der Waals surface area (Å²) in [5.74, 6) is 1.14. The molecule has 4 N–H and O–H groups in total. The van der Waals surface area contributed by atoms with Gasteiger partial charge < -0.3 is 20.3 Å². The highest BCUT2D eigenvalue weighted by Crippen LogP contribution is 2.29. The molecule has 0 unspecified atom stereocenters. The summed E-state index contributed by atoms with van der Waals surface area (Å²) in [4.78, 5) is 8.79. The lowest BCUT2D eigenvalue weighted by Crippen LogP contribution is -1.88. The lowest BCUT2D eigenvalue weighted by atomic mass is 10.2. The number of hydrogen-bond donors (Lipinski definition) is 2. The molecule has 6 heteroatoms. The molecule has 156 valence electrons. The highest BCUT2D eigenvalue weighted by Gasteiger charge is 2.10. The van der Waals surface area contributed by atoms with Gasteiger partial charge in [-0.2, -0.15) is 0 Å². The van der Waals surface area contributed by atoms with Crippen molar-refractivity contribution in [2.75, 3.05) is 11.5 Å². The van der Waals surface area contributed by atoms with Crippen LogP contribution >= 0.6 is 0 Å². The third-order valence-electron chi connectivity index (χ3n) is 4.97. The van der Waals surface area contributed by atoms with Crippen molar-refractivity contribution in [3.05, 3.63) is 97.1 Å². The number of nitrogen functional groups attached to an aromatic ring is 2. The molecule has 0 saturated heterocycles. The van der Waals surface area contributed by atoms with Crippen molar-refractivity contribution in [2.24, 2.45) is 0 Å². The van der Waals surface area contributed by atoms with Crippen molar-refractivity contribution in [3.8, 4) is 22.9 Å². The Morgan fingerprint density at radius 2 is 0.844 bits per heavy atom. The number of benzene rings is 4. The fourth-order valence-electron chi connectivity index (χ4n) is 3.36. The van der Waals surface area contributed by atoms with E-state index in [-0.39, 0.29) is 0 Å². The molecule has 0 fully saturated rings. The predicted octanol–water partition coefficient (Wildman–Crippen LogP) is 6.15. The first-order valence-electron chi connectivity index (χ1n) is 10.1. The minimum Gasteiger partial charge on any atom is -0.436 e. The Balaban J connectivity index is 0.000000135. The lowest BCUT2D eigenvalue weighted by Gasteiger charge is -1.98. The molecule has 0 bridgehead atoms. The lowest BCUT2D eigenvalue weighted by molar-refractivity contribution is 0.620. The second-order valence-corrected chi connectivity index (χ2v) is 7.15. The van der Waals surface area contributed by atoms with Crippen molar-refractivity contribution >= 4 is 33.6 Å². The topological polar surface area (TPSA) is 104 Å². The highest BCUT2D eigenvalue weighted by molar-refractivity contribution is 5.80. The molecule has 0 amide bonds. The summed E-state index contributed by atoms with van der Waals surface area (Å²) in [6.07, 6.45) is 0. The molecular weight excluding hydrogens is 400 g/mol. The minimum absolute atomic E-state index is 0.569. The SMILES string of the molecule is Nc1ccccc1-c1nc2ccccc2o1.Nc1ccccc1-c1nc2ccccc2o1. The van der Waals surface area contributed by atoms with Crippen LogP contribution in [0.15, 0.2) is 106 Å². The summed E-state index contributed by atoms with van der Waals surface area (Å²) in [5, 5.41) is 0. The van der Waals surface area contributed by atoms with Gasteiger partial charge in [0.25, 0.3) is 0 Å². The maximum atomic E-state index is 5.87. The van der Waals surface area contributed by atoms with Crippen LogP contribution in [0.25, 0.3) is 45.1 Å². The number of fused-ring (bicyclic) bond motifs is 2. The average molecular weight is 420 g/mol. The molecule has 0 aliphatic heterocycles. The fourth-order valence-corrected chi connectivity index (χ4v) is 3.36. The average Bonchev–Trinajstić information content (AvgIpc) is 3.44. The Kier molecular flexibility index (Phi) is 5.01. The van der Waals surface area contributed by atoms with Crippen LogP contribution in [0.2, 0.25) is 0 Å². The summed E-state index contributed by atoms with van der Waals surface area (Å²) >= 11 is 0. The van der Waals surface area contributed by atoms with Crippen molar-refractivity contribution in [1.82, 2.24) is 9.97 Å². The predicted molar refractivity (Wildman–Crippen MR) is 128 cm³/mol. The zero-order chi connectivity index (χ0) is 21.9. The number of nitrogens with zero attached hydrogens (tertiary/aromatic N) is 2. The first-order chi connectivity index (χ1) is 15.7. The zero-order valence-corrected chi connectivity index (χ0v) is 17.1. The van der Waals surface area contributed by atoms with Gasteiger partial charge in [-0.1, -0.05) is 48.5 Å². The number of hydrogen-bond acceptors (Lipinski definition) is 6. The smallest absolute Gasteiger partial charge is 0.229 e. The molecule has 0 spiro atoms. The second-order valence-electron chi connectivity index (χ2n) is 7.15. The summed E-state index contributed by atoms with van der Waals surface area (Å²) in [7, 11) is 0. The maximum absolute atomic E-state index is 5.87. The Morgan fingerprint density at radius 1 is 0.469 bits per heavy atom. The molecule has 4 aromatic carbocycles. The molecule has 0 radical (unpaired) electrons. The van der Waals surface area contributed by atoms with Crippen LogP contribution < -0.4 is 11.5 Å². The molecular formula is C26H20N4O2. The van der Waals surface area contributed by atoms with Crippen molar-refractivity contribution in [1.29, 1.82) is 0 Å². The van der Waals surface area contributed by atoms with Crippen LogP contribution in [0.1, 0.15) is 0 Å². The third kappa shape index (κ3) is 3.77. The van der Waals surface area contributed by atoms with E-state index in [1.165, 1.54) is 0 Å². The van der Waals surface area contributed by atoms with Gasteiger partial charge in [0.15, 0.2) is 11.2 Å². The highest BCUT2D eigenvalue weighted by atomic mass is 16.4. The van der Waals surface area contributed by atoms with E-state index in [2.05, 4.69) is 9.97 Å². The number of rotatable bonds is 2. The molecule has 0 aliphatic rings. The molecule has 2 heterocycles. The van der Waals surface area contributed by atoms with Gasteiger partial charge in [-0.3, -0.25) is 0 Å². The van der Waals surface area contributed by atoms with Crippen LogP contribution in [0.3, 0.4) is 0 Å².